The number of benzene rings is 1. The Morgan fingerprint density at radius 1 is 1.07 bits per heavy atom. The van der Waals surface area contributed by atoms with E-state index in [1.54, 1.807) is 12.1 Å². The molecule has 2 aromatic rings. The Bertz CT molecular complexity index is 803. The van der Waals surface area contributed by atoms with Gasteiger partial charge in [0.2, 0.25) is 0 Å². The number of hydrogen-bond donors (Lipinski definition) is 0. The zero-order valence-electron chi connectivity index (χ0n) is 18.4. The first-order valence-corrected chi connectivity index (χ1v) is 10.7. The van der Waals surface area contributed by atoms with Crippen molar-refractivity contribution in [1.29, 1.82) is 0 Å². The highest BCUT2D eigenvalue weighted by Gasteiger charge is 2.12. The van der Waals surface area contributed by atoms with E-state index in [1.165, 1.54) is 16.7 Å². The Hall–Kier alpha value is -1.87. The van der Waals surface area contributed by atoms with Crippen LogP contribution in [-0.4, -0.2) is 22.6 Å². The minimum Gasteiger partial charge on any atom is -0.343 e. The van der Waals surface area contributed by atoms with Crippen molar-refractivity contribution in [2.45, 2.75) is 73.4 Å². The summed E-state index contributed by atoms with van der Waals surface area (Å²) < 4.78 is 16.2. The summed E-state index contributed by atoms with van der Waals surface area (Å²) in [6.45, 7) is 14.8. The van der Waals surface area contributed by atoms with E-state index in [0.29, 0.717) is 0 Å². The van der Waals surface area contributed by atoms with Gasteiger partial charge in [-0.2, -0.15) is 0 Å². The number of halogens is 1. The summed E-state index contributed by atoms with van der Waals surface area (Å²) in [5.74, 6) is -0.155. The molecule has 0 aliphatic carbocycles. The van der Waals surface area contributed by atoms with Gasteiger partial charge in [0.05, 0.1) is 0 Å². The average Bonchev–Trinajstić information content (AvgIpc) is 2.97. The molecule has 28 heavy (non-hydrogen) atoms. The maximum atomic E-state index is 13.9. The summed E-state index contributed by atoms with van der Waals surface area (Å²) in [4.78, 5) is 2.48. The van der Waals surface area contributed by atoms with E-state index in [2.05, 4.69) is 62.4 Å². The van der Waals surface area contributed by atoms with Crippen molar-refractivity contribution in [3.63, 3.8) is 0 Å². The first kappa shape index (κ1) is 22.4. The molecular formula is C25H37FN2. The molecular weight excluding hydrogens is 347 g/mol. The fourth-order valence-electron chi connectivity index (χ4n) is 3.71. The molecule has 0 N–H and O–H groups in total. The van der Waals surface area contributed by atoms with Crippen LogP contribution in [0.25, 0.3) is 10.9 Å². The van der Waals surface area contributed by atoms with Gasteiger partial charge in [0.1, 0.15) is 5.82 Å². The Labute approximate surface area is 170 Å². The molecule has 0 saturated carbocycles. The standard InChI is InChI=1S/C25H37FN2/c1-6-14-27(15-7-2)18-22-19-28(25-12-11-23(26)17-24(22)25)16-13-21(5)10-8-9-20(3)4/h9,11-13,17,19H,6-8,10,14-16,18H2,1-5H3/b21-13+. The maximum Gasteiger partial charge on any atom is 0.123 e. The summed E-state index contributed by atoms with van der Waals surface area (Å²) >= 11 is 0. The molecule has 1 heterocycles. The van der Waals surface area contributed by atoms with E-state index < -0.39 is 0 Å². The van der Waals surface area contributed by atoms with Crippen molar-refractivity contribution in [3.05, 3.63) is 59.1 Å². The lowest BCUT2D eigenvalue weighted by Crippen LogP contribution is -2.24. The molecule has 0 spiro atoms. The molecule has 3 heteroatoms. The van der Waals surface area contributed by atoms with Crippen LogP contribution in [0.15, 0.2) is 47.7 Å². The zero-order chi connectivity index (χ0) is 20.5. The maximum absolute atomic E-state index is 13.9. The van der Waals surface area contributed by atoms with Gasteiger partial charge in [0, 0.05) is 30.2 Å². The summed E-state index contributed by atoms with van der Waals surface area (Å²) in [7, 11) is 0. The summed E-state index contributed by atoms with van der Waals surface area (Å²) in [6, 6.07) is 5.19. The van der Waals surface area contributed by atoms with Crippen LogP contribution in [0.1, 0.15) is 65.9 Å². The van der Waals surface area contributed by atoms with Gasteiger partial charge in [-0.15, -0.1) is 0 Å². The highest BCUT2D eigenvalue weighted by molar-refractivity contribution is 5.84. The van der Waals surface area contributed by atoms with E-state index in [4.69, 9.17) is 0 Å². The van der Waals surface area contributed by atoms with Crippen molar-refractivity contribution in [1.82, 2.24) is 9.47 Å². The fraction of sp³-hybridized carbons (Fsp3) is 0.520. The lowest BCUT2D eigenvalue weighted by Gasteiger charge is -2.20. The number of aromatic nitrogens is 1. The fourth-order valence-corrected chi connectivity index (χ4v) is 3.71. The van der Waals surface area contributed by atoms with Gasteiger partial charge in [-0.3, -0.25) is 4.90 Å². The molecule has 0 aliphatic rings. The number of nitrogens with zero attached hydrogens (tertiary/aromatic N) is 2. The van der Waals surface area contributed by atoms with Crippen LogP contribution in [0.2, 0.25) is 0 Å². The Kier molecular flexibility index (Phi) is 8.98. The van der Waals surface area contributed by atoms with Gasteiger partial charge in [-0.1, -0.05) is 37.1 Å². The lowest BCUT2D eigenvalue weighted by atomic mass is 10.1. The molecule has 0 amide bonds. The van der Waals surface area contributed by atoms with Gasteiger partial charge in [0.15, 0.2) is 0 Å². The van der Waals surface area contributed by atoms with Crippen LogP contribution in [0.3, 0.4) is 0 Å². The Morgan fingerprint density at radius 3 is 2.43 bits per heavy atom. The molecule has 0 radical (unpaired) electrons. The van der Waals surface area contributed by atoms with Crippen molar-refractivity contribution in [2.24, 2.45) is 0 Å². The van der Waals surface area contributed by atoms with Crippen LogP contribution in [0.4, 0.5) is 4.39 Å². The number of rotatable bonds is 11. The molecule has 0 bridgehead atoms. The van der Waals surface area contributed by atoms with Crippen LogP contribution < -0.4 is 0 Å². The van der Waals surface area contributed by atoms with Gasteiger partial charge >= 0.3 is 0 Å². The first-order chi connectivity index (χ1) is 13.4. The molecule has 1 aromatic heterocycles. The van der Waals surface area contributed by atoms with Crippen molar-refractivity contribution in [3.8, 4) is 0 Å². The highest BCUT2D eigenvalue weighted by Crippen LogP contribution is 2.24. The monoisotopic (exact) mass is 384 g/mol. The molecule has 0 atom stereocenters. The predicted octanol–water partition coefficient (Wildman–Crippen LogP) is 7.10. The highest BCUT2D eigenvalue weighted by atomic mass is 19.1. The van der Waals surface area contributed by atoms with E-state index in [1.807, 2.05) is 6.07 Å². The van der Waals surface area contributed by atoms with Crippen molar-refractivity contribution < 1.29 is 4.39 Å². The molecule has 1 aromatic carbocycles. The summed E-state index contributed by atoms with van der Waals surface area (Å²) in [5, 5.41) is 1.05. The average molecular weight is 385 g/mol. The first-order valence-electron chi connectivity index (χ1n) is 10.7. The smallest absolute Gasteiger partial charge is 0.123 e. The van der Waals surface area contributed by atoms with Crippen molar-refractivity contribution in [2.75, 3.05) is 13.1 Å². The molecule has 0 unspecified atom stereocenters. The van der Waals surface area contributed by atoms with Crippen LogP contribution in [-0.2, 0) is 13.1 Å². The van der Waals surface area contributed by atoms with E-state index in [9.17, 15) is 4.39 Å². The summed E-state index contributed by atoms with van der Waals surface area (Å²) in [5.41, 5.74) is 5.13. The SMILES string of the molecule is CCCN(CCC)Cc1cn(C/C=C(\C)CCC=C(C)C)c2ccc(F)cc12. The van der Waals surface area contributed by atoms with E-state index >= 15 is 0 Å². The second kappa shape index (κ2) is 11.2. The van der Waals surface area contributed by atoms with Gasteiger partial charge in [-0.25, -0.2) is 4.39 Å². The number of fused-ring (bicyclic) bond motifs is 1. The third-order valence-corrected chi connectivity index (χ3v) is 5.13. The number of hydrogen-bond acceptors (Lipinski definition) is 1. The topological polar surface area (TPSA) is 8.17 Å². The normalized spacial score (nSPS) is 12.2. The molecule has 2 nitrogen and oxygen atoms in total. The second-order valence-electron chi connectivity index (χ2n) is 8.11. The van der Waals surface area contributed by atoms with Crippen LogP contribution in [0.5, 0.6) is 0 Å². The molecule has 154 valence electrons. The second-order valence-corrected chi connectivity index (χ2v) is 8.11. The minimum atomic E-state index is -0.155. The molecule has 2 rings (SSSR count). The predicted molar refractivity (Wildman–Crippen MR) is 120 cm³/mol. The third kappa shape index (κ3) is 6.63. The number of allylic oxidation sites excluding steroid dienone is 4. The van der Waals surface area contributed by atoms with Gasteiger partial charge in [-0.05, 0) is 83.3 Å². The largest absolute Gasteiger partial charge is 0.343 e. The van der Waals surface area contributed by atoms with Crippen LogP contribution >= 0.6 is 0 Å². The summed E-state index contributed by atoms with van der Waals surface area (Å²) in [6.07, 6.45) is 11.3. The Morgan fingerprint density at radius 2 is 1.79 bits per heavy atom. The van der Waals surface area contributed by atoms with Gasteiger partial charge < -0.3 is 4.57 Å². The van der Waals surface area contributed by atoms with Crippen LogP contribution in [0, 0.1) is 5.82 Å². The lowest BCUT2D eigenvalue weighted by molar-refractivity contribution is 0.267. The van der Waals surface area contributed by atoms with E-state index in [-0.39, 0.29) is 5.82 Å². The molecule has 0 saturated heterocycles. The minimum absolute atomic E-state index is 0.155. The van der Waals surface area contributed by atoms with E-state index in [0.717, 1.165) is 62.8 Å². The Balaban J connectivity index is 2.23. The molecule has 0 aliphatic heterocycles. The zero-order valence-corrected chi connectivity index (χ0v) is 18.4. The van der Waals surface area contributed by atoms with Gasteiger partial charge in [0.25, 0.3) is 0 Å². The molecule has 0 fully saturated rings. The quantitative estimate of drug-likeness (QED) is 0.375. The van der Waals surface area contributed by atoms with Crippen molar-refractivity contribution >= 4 is 10.9 Å². The third-order valence-electron chi connectivity index (χ3n) is 5.13.